The van der Waals surface area contributed by atoms with Gasteiger partial charge in [-0.15, -0.1) is 0 Å². The molecule has 0 fully saturated rings. The average Bonchev–Trinajstić information content (AvgIpc) is 2.73. The minimum atomic E-state index is -0.551. The van der Waals surface area contributed by atoms with Crippen molar-refractivity contribution in [3.05, 3.63) is 29.3 Å². The fourth-order valence-corrected chi connectivity index (χ4v) is 1.51. The predicted octanol–water partition coefficient (Wildman–Crippen LogP) is 1.14. The summed E-state index contributed by atoms with van der Waals surface area (Å²) < 4.78 is 9.84. The van der Waals surface area contributed by atoms with Crippen LogP contribution in [0.15, 0.2) is 22.6 Å². The van der Waals surface area contributed by atoms with Crippen LogP contribution >= 0.6 is 0 Å². The van der Waals surface area contributed by atoms with Crippen molar-refractivity contribution in [1.82, 2.24) is 10.2 Å². The highest BCUT2D eigenvalue weighted by molar-refractivity contribution is 6.05. The van der Waals surface area contributed by atoms with Crippen LogP contribution in [0, 0.1) is 6.92 Å². The molecule has 0 spiro atoms. The number of hydrogen-bond donors (Lipinski definition) is 2. The van der Waals surface area contributed by atoms with Gasteiger partial charge in [-0.1, -0.05) is 16.3 Å². The van der Waals surface area contributed by atoms with Gasteiger partial charge in [-0.2, -0.15) is 0 Å². The lowest BCUT2D eigenvalue weighted by molar-refractivity contribution is -0.131. The van der Waals surface area contributed by atoms with Gasteiger partial charge in [-0.25, -0.2) is 0 Å². The monoisotopic (exact) mass is 276 g/mol. The summed E-state index contributed by atoms with van der Waals surface area (Å²) in [6.45, 7) is 3.07. The summed E-state index contributed by atoms with van der Waals surface area (Å²) in [5.74, 6) is -0.918. The maximum Gasteiger partial charge on any atom is 0.323 e. The van der Waals surface area contributed by atoms with Crippen LogP contribution in [0.3, 0.4) is 0 Å². The summed E-state index contributed by atoms with van der Waals surface area (Å²) in [7, 11) is 0. The number of carbonyl (C=O) groups excluding carboxylic acids is 2. The Morgan fingerprint density at radius 3 is 2.70 bits per heavy atom. The first-order valence-corrected chi connectivity index (χ1v) is 5.65. The molecule has 8 nitrogen and oxygen atoms in total. The Balaban J connectivity index is 2.26. The molecule has 0 aliphatic rings. The topological polar surface area (TPSA) is 120 Å². The molecule has 20 heavy (non-hydrogen) atoms. The van der Waals surface area contributed by atoms with Gasteiger partial charge in [-0.3, -0.25) is 14.9 Å². The van der Waals surface area contributed by atoms with E-state index in [2.05, 4.69) is 15.5 Å². The molecule has 0 aliphatic carbocycles. The van der Waals surface area contributed by atoms with E-state index in [1.54, 1.807) is 12.1 Å². The van der Waals surface area contributed by atoms with Crippen LogP contribution in [0.4, 0.5) is 12.0 Å². The summed E-state index contributed by atoms with van der Waals surface area (Å²) in [5, 5.41) is 9.28. The Morgan fingerprint density at radius 2 is 2.10 bits per heavy atom. The van der Waals surface area contributed by atoms with Gasteiger partial charge in [0.1, 0.15) is 5.75 Å². The zero-order chi connectivity index (χ0) is 14.7. The molecule has 0 bridgehead atoms. The minimum Gasteiger partial charge on any atom is -0.426 e. The van der Waals surface area contributed by atoms with Gasteiger partial charge in [0.2, 0.25) is 0 Å². The van der Waals surface area contributed by atoms with E-state index in [9.17, 15) is 9.59 Å². The highest BCUT2D eigenvalue weighted by Gasteiger charge is 2.16. The zero-order valence-corrected chi connectivity index (χ0v) is 10.8. The summed E-state index contributed by atoms with van der Waals surface area (Å²) in [6, 6.07) is 4.52. The predicted molar refractivity (Wildman–Crippen MR) is 69.2 cm³/mol. The Morgan fingerprint density at radius 1 is 1.35 bits per heavy atom. The first kappa shape index (κ1) is 13.5. The van der Waals surface area contributed by atoms with E-state index in [0.29, 0.717) is 0 Å². The van der Waals surface area contributed by atoms with Crippen LogP contribution in [0.2, 0.25) is 0 Å². The normalized spacial score (nSPS) is 10.1. The average molecular weight is 276 g/mol. The number of amides is 1. The van der Waals surface area contributed by atoms with E-state index in [4.69, 9.17) is 14.9 Å². The molecule has 1 heterocycles. The fraction of sp³-hybridized carbons (Fsp3) is 0.167. The molecule has 2 rings (SSSR count). The van der Waals surface area contributed by atoms with Gasteiger partial charge in [0.25, 0.3) is 5.91 Å². The van der Waals surface area contributed by atoms with Crippen LogP contribution in [-0.4, -0.2) is 22.1 Å². The number of esters is 1. The molecule has 0 unspecified atom stereocenters. The zero-order valence-electron chi connectivity index (χ0n) is 10.8. The number of rotatable bonds is 3. The third-order valence-corrected chi connectivity index (χ3v) is 2.30. The van der Waals surface area contributed by atoms with E-state index < -0.39 is 11.9 Å². The number of hydrogen-bond acceptors (Lipinski definition) is 7. The second-order valence-electron chi connectivity index (χ2n) is 3.99. The molecule has 0 aliphatic heterocycles. The lowest BCUT2D eigenvalue weighted by Gasteiger charge is -2.08. The molecular weight excluding hydrogens is 264 g/mol. The standard InChI is InChI=1S/C12H12N4O4/c1-6-3-4-8(9(5-6)19-7(2)17)10(18)14-12-16-15-11(13)20-12/h3-5H,1-2H3,(H2,13,15)(H,14,16,18). The van der Waals surface area contributed by atoms with Crippen molar-refractivity contribution in [2.45, 2.75) is 13.8 Å². The molecule has 1 aromatic heterocycles. The number of carbonyl (C=O) groups is 2. The molecule has 0 saturated carbocycles. The van der Waals surface area contributed by atoms with Gasteiger partial charge < -0.3 is 14.9 Å². The molecule has 1 amide bonds. The number of anilines is 2. The van der Waals surface area contributed by atoms with Crippen molar-refractivity contribution in [3.8, 4) is 5.75 Å². The highest BCUT2D eigenvalue weighted by Crippen LogP contribution is 2.22. The van der Waals surface area contributed by atoms with Crippen LogP contribution < -0.4 is 15.8 Å². The summed E-state index contributed by atoms with van der Waals surface area (Å²) in [5.41, 5.74) is 6.26. The maximum atomic E-state index is 12.1. The molecule has 1 aromatic carbocycles. The quantitative estimate of drug-likeness (QED) is 0.636. The molecule has 0 saturated heterocycles. The van der Waals surface area contributed by atoms with Crippen LogP contribution in [0.5, 0.6) is 5.75 Å². The number of ether oxygens (including phenoxy) is 1. The molecule has 0 atom stereocenters. The number of nitrogen functional groups attached to an aromatic ring is 1. The summed E-state index contributed by atoms with van der Waals surface area (Å²) in [6.07, 6.45) is 0. The number of nitrogens with two attached hydrogens (primary N) is 1. The number of aromatic nitrogens is 2. The minimum absolute atomic E-state index is 0.137. The maximum absolute atomic E-state index is 12.1. The highest BCUT2D eigenvalue weighted by atomic mass is 16.5. The van der Waals surface area contributed by atoms with Crippen LogP contribution in [0.25, 0.3) is 0 Å². The van der Waals surface area contributed by atoms with Crippen molar-refractivity contribution >= 4 is 23.9 Å². The molecule has 3 N–H and O–H groups in total. The van der Waals surface area contributed by atoms with Crippen LogP contribution in [-0.2, 0) is 4.79 Å². The largest absolute Gasteiger partial charge is 0.426 e. The van der Waals surface area contributed by atoms with E-state index in [-0.39, 0.29) is 23.3 Å². The smallest absolute Gasteiger partial charge is 0.323 e. The Labute approximate surface area is 113 Å². The van der Waals surface area contributed by atoms with Gasteiger partial charge >= 0.3 is 18.0 Å². The Kier molecular flexibility index (Phi) is 3.65. The van der Waals surface area contributed by atoms with Gasteiger partial charge in [0.05, 0.1) is 5.56 Å². The van der Waals surface area contributed by atoms with Crippen molar-refractivity contribution < 1.29 is 18.7 Å². The van der Waals surface area contributed by atoms with E-state index in [1.165, 1.54) is 13.0 Å². The third kappa shape index (κ3) is 3.10. The molecular formula is C12H12N4O4. The fourth-order valence-electron chi connectivity index (χ4n) is 1.51. The van der Waals surface area contributed by atoms with Gasteiger partial charge in [-0.05, 0) is 24.6 Å². The second-order valence-corrected chi connectivity index (χ2v) is 3.99. The van der Waals surface area contributed by atoms with Crippen molar-refractivity contribution in [1.29, 1.82) is 0 Å². The first-order chi connectivity index (χ1) is 9.45. The van der Waals surface area contributed by atoms with Crippen molar-refractivity contribution in [2.75, 3.05) is 11.1 Å². The molecule has 104 valence electrons. The van der Waals surface area contributed by atoms with Gasteiger partial charge in [0.15, 0.2) is 0 Å². The van der Waals surface area contributed by atoms with Crippen molar-refractivity contribution in [2.24, 2.45) is 0 Å². The Bertz CT molecular complexity index is 665. The van der Waals surface area contributed by atoms with Gasteiger partial charge in [0, 0.05) is 6.92 Å². The number of aryl methyl sites for hydroxylation is 1. The molecule has 2 aromatic rings. The second kappa shape index (κ2) is 5.39. The lowest BCUT2D eigenvalue weighted by Crippen LogP contribution is -2.15. The van der Waals surface area contributed by atoms with Crippen molar-refractivity contribution in [3.63, 3.8) is 0 Å². The third-order valence-electron chi connectivity index (χ3n) is 2.30. The summed E-state index contributed by atoms with van der Waals surface area (Å²) >= 11 is 0. The van der Waals surface area contributed by atoms with E-state index >= 15 is 0 Å². The van der Waals surface area contributed by atoms with E-state index in [0.717, 1.165) is 5.56 Å². The van der Waals surface area contributed by atoms with E-state index in [1.807, 2.05) is 6.92 Å². The summed E-state index contributed by atoms with van der Waals surface area (Å²) in [4.78, 5) is 23.1. The SMILES string of the molecule is CC(=O)Oc1cc(C)ccc1C(=O)Nc1nnc(N)o1. The lowest BCUT2D eigenvalue weighted by atomic mass is 10.1. The van der Waals surface area contributed by atoms with Crippen LogP contribution in [0.1, 0.15) is 22.8 Å². The number of benzene rings is 1. The number of nitrogens with one attached hydrogen (secondary N) is 1. The number of nitrogens with zero attached hydrogens (tertiary/aromatic N) is 2. The molecule has 8 heteroatoms. The molecule has 0 radical (unpaired) electrons. The first-order valence-electron chi connectivity index (χ1n) is 5.65. The Hall–Kier alpha value is -2.90.